The van der Waals surface area contributed by atoms with Crippen molar-refractivity contribution in [2.24, 2.45) is 0 Å². The average Bonchev–Trinajstić information content (AvgIpc) is 2.58. The first-order valence-corrected chi connectivity index (χ1v) is 6.79. The highest BCUT2D eigenvalue weighted by Crippen LogP contribution is 2.37. The molecule has 0 saturated carbocycles. The van der Waals surface area contributed by atoms with E-state index < -0.39 is 18.3 Å². The van der Waals surface area contributed by atoms with Crippen LogP contribution in [0.15, 0.2) is 18.2 Å². The Kier molecular flexibility index (Phi) is 2.96. The molecule has 0 radical (unpaired) electrons. The smallest absolute Gasteiger partial charge is 0.486 e. The first-order valence-electron chi connectivity index (χ1n) is 6.79. The standard InChI is InChI=1S/C15H18BFO3/c1-14(2)15(3,4)20-16(19-14)11-8-10-6-5-7-18-13(10)12(17)9-11/h5-6,8-9H,7H2,1-4H3. The van der Waals surface area contributed by atoms with Gasteiger partial charge in [-0.3, -0.25) is 0 Å². The van der Waals surface area contributed by atoms with E-state index in [-0.39, 0.29) is 5.82 Å². The van der Waals surface area contributed by atoms with Gasteiger partial charge >= 0.3 is 7.12 Å². The van der Waals surface area contributed by atoms with Gasteiger partial charge in [0.25, 0.3) is 0 Å². The minimum absolute atomic E-state index is 0.299. The molecule has 0 unspecified atom stereocenters. The summed E-state index contributed by atoms with van der Waals surface area (Å²) in [5, 5.41) is 0. The van der Waals surface area contributed by atoms with Crippen molar-refractivity contribution in [3.05, 3.63) is 29.6 Å². The minimum Gasteiger partial charge on any atom is -0.486 e. The maximum atomic E-state index is 14.1. The first-order chi connectivity index (χ1) is 9.30. The Morgan fingerprint density at radius 2 is 1.75 bits per heavy atom. The van der Waals surface area contributed by atoms with Gasteiger partial charge in [-0.1, -0.05) is 12.1 Å². The highest BCUT2D eigenvalue weighted by molar-refractivity contribution is 6.62. The van der Waals surface area contributed by atoms with Crippen LogP contribution in [-0.4, -0.2) is 24.9 Å². The van der Waals surface area contributed by atoms with E-state index in [4.69, 9.17) is 14.0 Å². The van der Waals surface area contributed by atoms with E-state index in [1.54, 1.807) is 0 Å². The predicted molar refractivity (Wildman–Crippen MR) is 76.6 cm³/mol. The van der Waals surface area contributed by atoms with Crippen LogP contribution in [0.1, 0.15) is 33.3 Å². The molecule has 3 nitrogen and oxygen atoms in total. The number of ether oxygens (including phenoxy) is 1. The SMILES string of the molecule is CC1(C)OB(c2cc(F)c3c(c2)C=CCO3)OC1(C)C. The second-order valence-electron chi connectivity index (χ2n) is 6.22. The molecule has 1 fully saturated rings. The summed E-state index contributed by atoms with van der Waals surface area (Å²) >= 11 is 0. The Labute approximate surface area is 118 Å². The number of fused-ring (bicyclic) bond motifs is 1. The zero-order chi connectivity index (χ0) is 14.5. The zero-order valence-electron chi connectivity index (χ0n) is 12.2. The lowest BCUT2D eigenvalue weighted by Crippen LogP contribution is -2.41. The van der Waals surface area contributed by atoms with Gasteiger partial charge in [0.1, 0.15) is 6.61 Å². The van der Waals surface area contributed by atoms with E-state index in [0.29, 0.717) is 17.8 Å². The summed E-state index contributed by atoms with van der Waals surface area (Å²) in [4.78, 5) is 0. The van der Waals surface area contributed by atoms with Crippen molar-refractivity contribution in [2.45, 2.75) is 38.9 Å². The van der Waals surface area contributed by atoms with Crippen molar-refractivity contribution in [2.75, 3.05) is 6.61 Å². The van der Waals surface area contributed by atoms with Gasteiger partial charge < -0.3 is 14.0 Å². The fourth-order valence-electron chi connectivity index (χ4n) is 2.33. The average molecular weight is 276 g/mol. The lowest BCUT2D eigenvalue weighted by molar-refractivity contribution is 0.00578. The van der Waals surface area contributed by atoms with Gasteiger partial charge in [-0.15, -0.1) is 0 Å². The van der Waals surface area contributed by atoms with Gasteiger partial charge in [0.05, 0.1) is 11.2 Å². The molecule has 0 N–H and O–H groups in total. The van der Waals surface area contributed by atoms with Gasteiger partial charge in [-0.25, -0.2) is 4.39 Å². The number of hydrogen-bond donors (Lipinski definition) is 0. The van der Waals surface area contributed by atoms with E-state index >= 15 is 0 Å². The molecule has 0 aliphatic carbocycles. The molecule has 2 aliphatic rings. The fraction of sp³-hybridized carbons (Fsp3) is 0.467. The van der Waals surface area contributed by atoms with E-state index in [1.165, 1.54) is 6.07 Å². The maximum Gasteiger partial charge on any atom is 0.494 e. The molecule has 1 aromatic carbocycles. The van der Waals surface area contributed by atoms with Crippen molar-refractivity contribution in [3.63, 3.8) is 0 Å². The van der Waals surface area contributed by atoms with Crippen molar-refractivity contribution in [3.8, 4) is 5.75 Å². The summed E-state index contributed by atoms with van der Waals surface area (Å²) in [6, 6.07) is 3.29. The number of halogens is 1. The maximum absolute atomic E-state index is 14.1. The van der Waals surface area contributed by atoms with Crippen LogP contribution in [0.25, 0.3) is 6.08 Å². The van der Waals surface area contributed by atoms with E-state index in [1.807, 2.05) is 45.9 Å². The molecule has 0 atom stereocenters. The number of rotatable bonds is 1. The molecule has 106 valence electrons. The molecule has 1 saturated heterocycles. The largest absolute Gasteiger partial charge is 0.494 e. The Hall–Kier alpha value is -1.33. The van der Waals surface area contributed by atoms with Gasteiger partial charge in [-0.05, 0) is 45.3 Å². The Bertz CT molecular complexity index is 565. The van der Waals surface area contributed by atoms with Crippen LogP contribution >= 0.6 is 0 Å². The molecule has 3 rings (SSSR count). The van der Waals surface area contributed by atoms with Crippen molar-refractivity contribution < 1.29 is 18.4 Å². The molecule has 1 aromatic rings. The number of hydrogen-bond acceptors (Lipinski definition) is 3. The fourth-order valence-corrected chi connectivity index (χ4v) is 2.33. The van der Waals surface area contributed by atoms with Gasteiger partial charge in [-0.2, -0.15) is 0 Å². The predicted octanol–water partition coefficient (Wildman–Crippen LogP) is 2.53. The van der Waals surface area contributed by atoms with Crippen LogP contribution in [0, 0.1) is 5.82 Å². The zero-order valence-corrected chi connectivity index (χ0v) is 12.2. The summed E-state index contributed by atoms with van der Waals surface area (Å²) in [7, 11) is -0.560. The second-order valence-corrected chi connectivity index (χ2v) is 6.22. The van der Waals surface area contributed by atoms with Crippen molar-refractivity contribution in [1.29, 1.82) is 0 Å². The highest BCUT2D eigenvalue weighted by atomic mass is 19.1. The van der Waals surface area contributed by atoms with E-state index in [2.05, 4.69) is 0 Å². The lowest BCUT2D eigenvalue weighted by atomic mass is 9.78. The molecule has 2 aliphatic heterocycles. The van der Waals surface area contributed by atoms with Crippen LogP contribution in [-0.2, 0) is 9.31 Å². The quantitative estimate of drug-likeness (QED) is 0.738. The Balaban J connectivity index is 1.97. The minimum atomic E-state index is -0.560. The lowest BCUT2D eigenvalue weighted by Gasteiger charge is -2.32. The summed E-state index contributed by atoms with van der Waals surface area (Å²) in [5.74, 6) is -0.0793. The topological polar surface area (TPSA) is 27.7 Å². The first kappa shape index (κ1) is 13.6. The summed E-state index contributed by atoms with van der Waals surface area (Å²) in [5.41, 5.74) is 0.531. The van der Waals surface area contributed by atoms with E-state index in [9.17, 15) is 4.39 Å². The molecule has 0 spiro atoms. The van der Waals surface area contributed by atoms with Crippen molar-refractivity contribution >= 4 is 18.7 Å². The molecule has 0 aromatic heterocycles. The van der Waals surface area contributed by atoms with Gasteiger partial charge in [0, 0.05) is 5.56 Å². The van der Waals surface area contributed by atoms with Crippen LogP contribution in [0.4, 0.5) is 4.39 Å². The Morgan fingerprint density at radius 1 is 1.10 bits per heavy atom. The highest BCUT2D eigenvalue weighted by Gasteiger charge is 2.51. The van der Waals surface area contributed by atoms with Crippen LogP contribution in [0.3, 0.4) is 0 Å². The normalized spacial score (nSPS) is 22.6. The van der Waals surface area contributed by atoms with Gasteiger partial charge in [0.2, 0.25) is 0 Å². The molecule has 20 heavy (non-hydrogen) atoms. The van der Waals surface area contributed by atoms with Crippen LogP contribution < -0.4 is 10.2 Å². The number of benzene rings is 1. The molecular weight excluding hydrogens is 258 g/mol. The molecule has 0 bridgehead atoms. The molecule has 5 heteroatoms. The second kappa shape index (κ2) is 4.33. The third-order valence-corrected chi connectivity index (χ3v) is 4.24. The summed E-state index contributed by atoms with van der Waals surface area (Å²) in [6.07, 6.45) is 3.71. The molecular formula is C15H18BFO3. The molecule has 2 heterocycles. The Morgan fingerprint density at radius 3 is 2.40 bits per heavy atom. The van der Waals surface area contributed by atoms with Crippen LogP contribution in [0.5, 0.6) is 5.75 Å². The summed E-state index contributed by atoms with van der Waals surface area (Å²) in [6.45, 7) is 8.31. The monoisotopic (exact) mass is 276 g/mol. The third-order valence-electron chi connectivity index (χ3n) is 4.24. The van der Waals surface area contributed by atoms with Crippen molar-refractivity contribution in [1.82, 2.24) is 0 Å². The summed E-state index contributed by atoms with van der Waals surface area (Å²) < 4.78 is 31.3. The molecule has 0 amide bonds. The van der Waals surface area contributed by atoms with E-state index in [0.717, 1.165) is 5.56 Å². The third kappa shape index (κ3) is 2.05. The van der Waals surface area contributed by atoms with Gasteiger partial charge in [0.15, 0.2) is 11.6 Å². The van der Waals surface area contributed by atoms with Crippen LogP contribution in [0.2, 0.25) is 0 Å².